The standard InChI is InChI=1S/C21H14N3O7PS/c25-13-22-16-7-1-4-10-19(16)33(30-32(28,29)31-33,20-11-5-2-8-17(20)23-14-26)21-12-6-3-9-18(21)24-15-27/h1-12,33H,(H,28,29). The highest BCUT2D eigenvalue weighted by Gasteiger charge is 2.64. The summed E-state index contributed by atoms with van der Waals surface area (Å²) in [6, 6.07) is 18.3. The lowest BCUT2D eigenvalue weighted by atomic mass is 10.3. The van der Waals surface area contributed by atoms with Gasteiger partial charge in [0.05, 0.1) is 31.7 Å². The molecule has 0 atom stereocenters. The van der Waals surface area contributed by atoms with Gasteiger partial charge in [-0.25, -0.2) is 28.7 Å². The van der Waals surface area contributed by atoms with E-state index in [0.29, 0.717) is 0 Å². The largest absolute Gasteiger partial charge is 0.506 e. The van der Waals surface area contributed by atoms with E-state index in [2.05, 4.69) is 15.0 Å². The van der Waals surface area contributed by atoms with E-state index >= 15 is 0 Å². The fourth-order valence-corrected chi connectivity index (χ4v) is 12.7. The van der Waals surface area contributed by atoms with Crippen LogP contribution < -0.4 is 0 Å². The summed E-state index contributed by atoms with van der Waals surface area (Å²) in [5.74, 6) is 0. The smallest absolute Gasteiger partial charge is 0.300 e. The number of phosphoric acid groups is 1. The Labute approximate surface area is 187 Å². The summed E-state index contributed by atoms with van der Waals surface area (Å²) < 4.78 is 24.4. The molecule has 0 bridgehead atoms. The van der Waals surface area contributed by atoms with Crippen LogP contribution in [-0.4, -0.2) is 23.1 Å². The molecule has 1 aliphatic rings. The topological polar surface area (TPSA) is 144 Å². The second kappa shape index (κ2) is 8.31. The number of thiol groups is 1. The highest BCUT2D eigenvalue weighted by Crippen LogP contribution is 3.04. The first-order chi connectivity index (χ1) is 15.9. The molecular weight excluding hydrogens is 469 g/mol. The molecule has 1 heterocycles. The third-order valence-electron chi connectivity index (χ3n) is 4.97. The van der Waals surface area contributed by atoms with E-state index in [4.69, 9.17) is 7.94 Å². The van der Waals surface area contributed by atoms with Gasteiger partial charge in [-0.15, -0.1) is 0 Å². The molecule has 1 N–H and O–H groups in total. The maximum absolute atomic E-state index is 12.6. The Balaban J connectivity index is 2.31. The minimum absolute atomic E-state index is 0.0274. The maximum atomic E-state index is 12.6. The number of rotatable bonds is 6. The summed E-state index contributed by atoms with van der Waals surface area (Å²) in [5, 5.41) is 0. The van der Waals surface area contributed by atoms with Gasteiger partial charge < -0.3 is 4.89 Å². The van der Waals surface area contributed by atoms with Crippen LogP contribution in [0.1, 0.15) is 0 Å². The van der Waals surface area contributed by atoms with E-state index in [-0.39, 0.29) is 31.7 Å². The molecule has 0 amide bonds. The van der Waals surface area contributed by atoms with Crippen molar-refractivity contribution in [3.05, 3.63) is 72.8 Å². The molecule has 33 heavy (non-hydrogen) atoms. The molecule has 1 aliphatic heterocycles. The summed E-state index contributed by atoms with van der Waals surface area (Å²) in [5.41, 5.74) is 0.0823. The van der Waals surface area contributed by atoms with Crippen LogP contribution in [0.15, 0.2) is 102 Å². The summed E-state index contributed by atoms with van der Waals surface area (Å²) in [7, 11) is -9.59. The van der Waals surface area contributed by atoms with E-state index < -0.39 is 17.5 Å². The number of aliphatic imine (C=N–C) groups is 3. The summed E-state index contributed by atoms with van der Waals surface area (Å²) in [4.78, 5) is 55.4. The summed E-state index contributed by atoms with van der Waals surface area (Å²) in [6.07, 6.45) is 4.34. The summed E-state index contributed by atoms with van der Waals surface area (Å²) in [6.45, 7) is 0. The molecule has 4 rings (SSSR count). The fourth-order valence-electron chi connectivity index (χ4n) is 3.91. The zero-order valence-electron chi connectivity index (χ0n) is 16.6. The number of nitrogens with zero attached hydrogens (tertiary/aromatic N) is 3. The third kappa shape index (κ3) is 3.35. The third-order valence-corrected chi connectivity index (χ3v) is 12.9. The van der Waals surface area contributed by atoms with Crippen molar-refractivity contribution in [2.75, 3.05) is 0 Å². The van der Waals surface area contributed by atoms with Crippen molar-refractivity contribution in [1.29, 1.82) is 0 Å². The first-order valence-corrected chi connectivity index (χ1v) is 12.8. The zero-order chi connectivity index (χ0) is 23.6. The number of hydrogen-bond acceptors (Lipinski definition) is 9. The van der Waals surface area contributed by atoms with Crippen molar-refractivity contribution >= 4 is 52.8 Å². The molecule has 0 unspecified atom stereocenters. The normalized spacial score (nSPS) is 20.9. The SMILES string of the molecule is O=C=Nc1ccccc1[SH]1(c2ccccc2N=C=O)(c2ccccc2N=C=O)OP(=O)(O)O1. The first-order valence-electron chi connectivity index (χ1n) is 9.22. The van der Waals surface area contributed by atoms with Crippen LogP contribution in [0, 0.1) is 0 Å². The quantitative estimate of drug-likeness (QED) is 0.214. The van der Waals surface area contributed by atoms with Gasteiger partial charge in [-0.2, -0.15) is 22.9 Å². The van der Waals surface area contributed by atoms with E-state index in [0.717, 1.165) is 0 Å². The molecule has 3 aromatic carbocycles. The van der Waals surface area contributed by atoms with E-state index in [1.165, 1.54) is 54.6 Å². The number of carbonyl (C=O) groups excluding carboxylic acids is 3. The molecule has 0 radical (unpaired) electrons. The molecule has 0 spiro atoms. The Hall–Kier alpha value is -3.74. The molecule has 1 saturated heterocycles. The van der Waals surface area contributed by atoms with Gasteiger partial charge in [-0.3, -0.25) is 0 Å². The zero-order valence-corrected chi connectivity index (χ0v) is 18.3. The van der Waals surface area contributed by atoms with Crippen molar-refractivity contribution in [2.45, 2.75) is 14.7 Å². The van der Waals surface area contributed by atoms with Crippen LogP contribution in [0.4, 0.5) is 17.1 Å². The first kappa shape index (κ1) is 22.5. The van der Waals surface area contributed by atoms with Crippen LogP contribution >= 0.6 is 17.5 Å². The highest BCUT2D eigenvalue weighted by molar-refractivity contribution is 8.48. The lowest BCUT2D eigenvalue weighted by Gasteiger charge is -2.72. The Kier molecular flexibility index (Phi) is 5.66. The number of hydrogen-bond donors (Lipinski definition) is 2. The summed E-state index contributed by atoms with van der Waals surface area (Å²) >= 11 is 0. The van der Waals surface area contributed by atoms with Gasteiger partial charge in [0.1, 0.15) is 0 Å². The average Bonchev–Trinajstić information content (AvgIpc) is 2.79. The van der Waals surface area contributed by atoms with Crippen molar-refractivity contribution < 1.29 is 31.8 Å². The van der Waals surface area contributed by atoms with Crippen LogP contribution in [0.5, 0.6) is 0 Å². The van der Waals surface area contributed by atoms with Crippen molar-refractivity contribution in [3.63, 3.8) is 0 Å². The molecule has 0 aromatic heterocycles. The molecule has 0 saturated carbocycles. The minimum atomic E-state index is -4.96. The van der Waals surface area contributed by atoms with E-state index in [9.17, 15) is 23.8 Å². The maximum Gasteiger partial charge on any atom is 0.506 e. The second-order valence-electron chi connectivity index (χ2n) is 6.66. The van der Waals surface area contributed by atoms with E-state index in [1.54, 1.807) is 36.4 Å². The Morgan fingerprint density at radius 3 is 1.21 bits per heavy atom. The molecule has 12 heteroatoms. The van der Waals surface area contributed by atoms with Gasteiger partial charge >= 0.3 is 7.82 Å². The van der Waals surface area contributed by atoms with Gasteiger partial charge in [-0.1, -0.05) is 36.4 Å². The molecule has 3 aromatic rings. The minimum Gasteiger partial charge on any atom is -0.300 e. The predicted octanol–water partition coefficient (Wildman–Crippen LogP) is 5.12. The van der Waals surface area contributed by atoms with Gasteiger partial charge in [0.25, 0.3) is 0 Å². The number of isocyanates is 3. The Bertz CT molecular complexity index is 1310. The van der Waals surface area contributed by atoms with Crippen molar-refractivity contribution in [1.82, 2.24) is 0 Å². The molecule has 1 fully saturated rings. The second-order valence-corrected chi connectivity index (χ2v) is 12.3. The van der Waals surface area contributed by atoms with Crippen LogP contribution in [0.2, 0.25) is 0 Å². The highest BCUT2D eigenvalue weighted by atomic mass is 32.4. The fraction of sp³-hybridized carbons (Fsp3) is 0. The van der Waals surface area contributed by atoms with Crippen LogP contribution in [-0.2, 0) is 26.9 Å². The van der Waals surface area contributed by atoms with Gasteiger partial charge in [0, 0.05) is 0 Å². The van der Waals surface area contributed by atoms with Gasteiger partial charge in [-0.05, 0) is 36.4 Å². The Morgan fingerprint density at radius 2 is 0.939 bits per heavy atom. The monoisotopic (exact) mass is 483 g/mol. The number of para-hydroxylation sites is 3. The van der Waals surface area contributed by atoms with Gasteiger partial charge in [0.2, 0.25) is 18.2 Å². The molecular formula is C21H14N3O7PS. The number of benzene rings is 3. The molecule has 10 nitrogen and oxygen atoms in total. The van der Waals surface area contributed by atoms with Crippen LogP contribution in [0.25, 0.3) is 0 Å². The van der Waals surface area contributed by atoms with Crippen molar-refractivity contribution in [2.24, 2.45) is 15.0 Å². The van der Waals surface area contributed by atoms with Gasteiger partial charge in [0.15, 0.2) is 0 Å². The van der Waals surface area contributed by atoms with Crippen LogP contribution in [0.3, 0.4) is 0 Å². The Morgan fingerprint density at radius 1 is 0.636 bits per heavy atom. The molecule has 166 valence electrons. The van der Waals surface area contributed by atoms with Crippen molar-refractivity contribution in [3.8, 4) is 0 Å². The van der Waals surface area contributed by atoms with E-state index in [1.807, 2.05) is 0 Å². The average molecular weight is 483 g/mol. The lowest BCUT2D eigenvalue weighted by Crippen LogP contribution is -2.33. The molecule has 0 aliphatic carbocycles. The predicted molar refractivity (Wildman–Crippen MR) is 118 cm³/mol. The lowest BCUT2D eigenvalue weighted by molar-refractivity contribution is 0.234.